The van der Waals surface area contributed by atoms with E-state index in [1.807, 2.05) is 6.92 Å². The number of carbonyl (C=O) groups excluding carboxylic acids is 2. The Kier molecular flexibility index (Phi) is 5.59. The van der Waals surface area contributed by atoms with E-state index in [1.54, 1.807) is 13.0 Å². The van der Waals surface area contributed by atoms with Gasteiger partial charge in [0.2, 0.25) is 0 Å². The molecule has 0 spiro atoms. The first kappa shape index (κ1) is 20.2. The van der Waals surface area contributed by atoms with Crippen LogP contribution >= 0.6 is 0 Å². The number of aromatic amines is 1. The van der Waals surface area contributed by atoms with Crippen LogP contribution in [0.5, 0.6) is 5.75 Å². The van der Waals surface area contributed by atoms with Crippen molar-refractivity contribution < 1.29 is 18.7 Å². The summed E-state index contributed by atoms with van der Waals surface area (Å²) in [6.45, 7) is 7.09. The maximum absolute atomic E-state index is 13.7. The number of nitrogens with one attached hydrogen (secondary N) is 3. The number of fused-ring (bicyclic) bond motifs is 1. The number of halogens is 1. The smallest absolute Gasteiger partial charge is 0.408 e. The number of amides is 2. The fourth-order valence-electron chi connectivity index (χ4n) is 3.95. The predicted octanol–water partition coefficient (Wildman–Crippen LogP) is 3.45. The number of anilines is 1. The number of carbonyl (C=O) groups is 2. The number of benzene rings is 1. The maximum atomic E-state index is 13.7. The van der Waals surface area contributed by atoms with Gasteiger partial charge in [-0.3, -0.25) is 4.79 Å². The van der Waals surface area contributed by atoms with E-state index >= 15 is 0 Å². The number of aromatic nitrogens is 1. The van der Waals surface area contributed by atoms with E-state index in [0.29, 0.717) is 46.1 Å². The summed E-state index contributed by atoms with van der Waals surface area (Å²) in [7, 11) is 0. The van der Waals surface area contributed by atoms with Gasteiger partial charge in [0, 0.05) is 35.6 Å². The highest BCUT2D eigenvalue weighted by atomic mass is 19.1. The van der Waals surface area contributed by atoms with Crippen molar-refractivity contribution in [3.05, 3.63) is 46.5 Å². The van der Waals surface area contributed by atoms with Gasteiger partial charge < -0.3 is 25.3 Å². The van der Waals surface area contributed by atoms with Crippen LogP contribution in [0, 0.1) is 19.7 Å². The average Bonchev–Trinajstić information content (AvgIpc) is 3.39. The number of rotatable bonds is 5. The van der Waals surface area contributed by atoms with E-state index in [-0.39, 0.29) is 5.91 Å². The lowest BCUT2D eigenvalue weighted by molar-refractivity contribution is -0.110. The number of aryl methyl sites for hydroxylation is 1. The Labute approximate surface area is 174 Å². The lowest BCUT2D eigenvalue weighted by atomic mass is 10.0. The molecule has 2 aliphatic rings. The molecular formula is C22H25FN4O3. The summed E-state index contributed by atoms with van der Waals surface area (Å²) in [6, 6.07) is 4.17. The largest absolute Gasteiger partial charge is 0.412 e. The molecular weight excluding hydrogens is 387 g/mol. The highest BCUT2D eigenvalue weighted by Crippen LogP contribution is 2.35. The van der Waals surface area contributed by atoms with Gasteiger partial charge in [0.15, 0.2) is 5.75 Å². The van der Waals surface area contributed by atoms with Gasteiger partial charge in [0.05, 0.1) is 11.3 Å². The molecule has 0 aliphatic carbocycles. The Morgan fingerprint density at radius 2 is 2.07 bits per heavy atom. The maximum Gasteiger partial charge on any atom is 0.412 e. The lowest BCUT2D eigenvalue weighted by Crippen LogP contribution is -2.35. The third-order valence-corrected chi connectivity index (χ3v) is 5.55. The van der Waals surface area contributed by atoms with Crippen molar-refractivity contribution >= 4 is 29.3 Å². The fraction of sp³-hybridized carbons (Fsp3) is 0.364. The molecule has 8 heteroatoms. The zero-order chi connectivity index (χ0) is 21.3. The Morgan fingerprint density at radius 1 is 1.30 bits per heavy atom. The molecule has 2 aliphatic heterocycles. The molecule has 158 valence electrons. The summed E-state index contributed by atoms with van der Waals surface area (Å²) in [5, 5.41) is 5.51. The lowest BCUT2D eigenvalue weighted by Gasteiger charge is -2.14. The molecule has 0 radical (unpaired) electrons. The first-order chi connectivity index (χ1) is 14.4. The van der Waals surface area contributed by atoms with Gasteiger partial charge in [-0.1, -0.05) is 0 Å². The highest BCUT2D eigenvalue weighted by Gasteiger charge is 2.26. The van der Waals surface area contributed by atoms with Crippen molar-refractivity contribution in [2.75, 3.05) is 31.5 Å². The third kappa shape index (κ3) is 4.09. The van der Waals surface area contributed by atoms with Crippen LogP contribution in [-0.2, 0) is 4.79 Å². The van der Waals surface area contributed by atoms with E-state index in [4.69, 9.17) is 4.74 Å². The summed E-state index contributed by atoms with van der Waals surface area (Å²) in [6.07, 6.45) is 3.56. The minimum absolute atomic E-state index is 0.302. The Morgan fingerprint density at radius 3 is 2.83 bits per heavy atom. The first-order valence-corrected chi connectivity index (χ1v) is 10.1. The number of likely N-dealkylation sites (tertiary alicyclic amines) is 1. The van der Waals surface area contributed by atoms with Gasteiger partial charge in [-0.15, -0.1) is 0 Å². The predicted molar refractivity (Wildman–Crippen MR) is 113 cm³/mol. The summed E-state index contributed by atoms with van der Waals surface area (Å²) in [4.78, 5) is 30.0. The number of nitrogens with zero attached hydrogens (tertiary/aromatic N) is 1. The normalized spacial score (nSPS) is 17.3. The Balaban J connectivity index is 1.47. The topological polar surface area (TPSA) is 86.5 Å². The Bertz CT molecular complexity index is 1020. The van der Waals surface area contributed by atoms with Crippen molar-refractivity contribution in [1.82, 2.24) is 15.2 Å². The highest BCUT2D eigenvalue weighted by molar-refractivity contribution is 6.34. The van der Waals surface area contributed by atoms with Crippen LogP contribution in [0.2, 0.25) is 0 Å². The van der Waals surface area contributed by atoms with Gasteiger partial charge >= 0.3 is 6.09 Å². The van der Waals surface area contributed by atoms with E-state index in [1.165, 1.54) is 31.0 Å². The van der Waals surface area contributed by atoms with Crippen LogP contribution in [0.4, 0.5) is 14.9 Å². The van der Waals surface area contributed by atoms with Crippen LogP contribution in [-0.4, -0.2) is 48.1 Å². The number of H-pyrrole nitrogens is 1. The van der Waals surface area contributed by atoms with Crippen molar-refractivity contribution in [1.29, 1.82) is 0 Å². The molecule has 7 nitrogen and oxygen atoms in total. The quantitative estimate of drug-likeness (QED) is 0.657. The monoisotopic (exact) mass is 412 g/mol. The van der Waals surface area contributed by atoms with Crippen molar-refractivity contribution in [2.45, 2.75) is 26.7 Å². The average molecular weight is 412 g/mol. The van der Waals surface area contributed by atoms with Crippen LogP contribution in [0.15, 0.2) is 18.2 Å². The van der Waals surface area contributed by atoms with Gasteiger partial charge in [-0.05, 0) is 64.1 Å². The number of ether oxygens (including phenoxy) is 1. The molecule has 1 aromatic heterocycles. The van der Waals surface area contributed by atoms with Gasteiger partial charge in [-0.2, -0.15) is 0 Å². The van der Waals surface area contributed by atoms with E-state index in [2.05, 4.69) is 20.5 Å². The second-order valence-electron chi connectivity index (χ2n) is 7.68. The summed E-state index contributed by atoms with van der Waals surface area (Å²) in [5.74, 6) is -0.284. The van der Waals surface area contributed by atoms with E-state index in [0.717, 1.165) is 19.6 Å². The molecule has 0 atom stereocenters. The second kappa shape index (κ2) is 8.31. The molecule has 1 aromatic carbocycles. The first-order valence-electron chi connectivity index (χ1n) is 10.1. The number of hydrogen-bond donors (Lipinski definition) is 3. The molecule has 3 N–H and O–H groups in total. The van der Waals surface area contributed by atoms with Crippen LogP contribution in [0.1, 0.15) is 35.4 Å². The van der Waals surface area contributed by atoms with Gasteiger partial charge in [0.25, 0.3) is 5.91 Å². The molecule has 1 saturated heterocycles. The molecule has 0 saturated carbocycles. The van der Waals surface area contributed by atoms with Crippen molar-refractivity contribution in [3.8, 4) is 5.75 Å². The van der Waals surface area contributed by atoms with Crippen LogP contribution < -0.4 is 15.4 Å². The van der Waals surface area contributed by atoms with Gasteiger partial charge in [0.1, 0.15) is 5.82 Å². The second-order valence-corrected chi connectivity index (χ2v) is 7.68. The zero-order valence-electron chi connectivity index (χ0n) is 17.1. The van der Waals surface area contributed by atoms with Crippen LogP contribution in [0.25, 0.3) is 11.6 Å². The minimum Gasteiger partial charge on any atom is -0.408 e. The minimum atomic E-state index is -0.510. The standard InChI is InChI=1S/C22H25FN4O3/c1-13-19(12-17-16-11-15(23)5-6-18(16)26-21(17)28)25-14(2)20(13)30-22(29)24-7-10-27-8-3-4-9-27/h5-6,11-12,25H,3-4,7-10H2,1-2H3,(H,24,29)(H,26,28)/b17-12-. The Hall–Kier alpha value is -3.13. The molecule has 1 fully saturated rings. The molecule has 4 rings (SSSR count). The summed E-state index contributed by atoms with van der Waals surface area (Å²) >= 11 is 0. The molecule has 0 unspecified atom stereocenters. The molecule has 30 heavy (non-hydrogen) atoms. The third-order valence-electron chi connectivity index (χ3n) is 5.55. The molecule has 3 heterocycles. The summed E-state index contributed by atoms with van der Waals surface area (Å²) < 4.78 is 19.2. The van der Waals surface area contributed by atoms with Crippen molar-refractivity contribution in [2.24, 2.45) is 0 Å². The SMILES string of the molecule is Cc1[nH]c(/C=C2\C(=O)Nc3ccc(F)cc32)c(C)c1OC(=O)NCCN1CCCC1. The van der Waals surface area contributed by atoms with Crippen LogP contribution in [0.3, 0.4) is 0 Å². The van der Waals surface area contributed by atoms with Crippen molar-refractivity contribution in [3.63, 3.8) is 0 Å². The summed E-state index contributed by atoms with van der Waals surface area (Å²) in [5.41, 5.74) is 3.44. The molecule has 2 aromatic rings. The van der Waals surface area contributed by atoms with E-state index in [9.17, 15) is 14.0 Å². The number of hydrogen-bond acceptors (Lipinski definition) is 4. The van der Waals surface area contributed by atoms with Gasteiger partial charge in [-0.25, -0.2) is 9.18 Å². The fourth-order valence-corrected chi connectivity index (χ4v) is 3.95. The molecule has 0 bridgehead atoms. The van der Waals surface area contributed by atoms with E-state index < -0.39 is 11.9 Å². The zero-order valence-corrected chi connectivity index (χ0v) is 17.1. The molecule has 2 amide bonds.